The van der Waals surface area contributed by atoms with Crippen molar-refractivity contribution < 1.29 is 4.74 Å². The molecule has 0 spiro atoms. The highest BCUT2D eigenvalue weighted by Crippen LogP contribution is 2.48. The highest BCUT2D eigenvalue weighted by Gasteiger charge is 2.50. The number of nitrogens with two attached hydrogens (primary N) is 1. The number of rotatable bonds is 5. The average molecular weight is 263 g/mol. The third-order valence-corrected chi connectivity index (χ3v) is 4.88. The van der Waals surface area contributed by atoms with Crippen molar-refractivity contribution in [2.45, 2.75) is 45.1 Å². The molecule has 1 aliphatic carbocycles. The second kappa shape index (κ2) is 4.91. The molecule has 1 saturated carbocycles. The van der Waals surface area contributed by atoms with Gasteiger partial charge in [-0.15, -0.1) is 0 Å². The molecule has 2 fully saturated rings. The van der Waals surface area contributed by atoms with Gasteiger partial charge in [0.15, 0.2) is 0 Å². The van der Waals surface area contributed by atoms with Crippen LogP contribution >= 0.6 is 0 Å². The molecular formula is C15H25N3O. The molecule has 19 heavy (non-hydrogen) atoms. The zero-order valence-corrected chi connectivity index (χ0v) is 12.1. The average Bonchev–Trinajstić information content (AvgIpc) is 3.08. The van der Waals surface area contributed by atoms with Crippen molar-refractivity contribution in [1.29, 1.82) is 0 Å². The number of aryl methyl sites for hydroxylation is 2. The van der Waals surface area contributed by atoms with Gasteiger partial charge in [0.05, 0.1) is 11.8 Å². The van der Waals surface area contributed by atoms with E-state index in [4.69, 9.17) is 10.5 Å². The summed E-state index contributed by atoms with van der Waals surface area (Å²) in [4.78, 5) is 0. The smallest absolute Gasteiger partial charge is 0.0676 e. The second-order valence-corrected chi connectivity index (χ2v) is 6.23. The number of aromatic nitrogens is 2. The Morgan fingerprint density at radius 1 is 1.53 bits per heavy atom. The van der Waals surface area contributed by atoms with Crippen LogP contribution in [-0.2, 0) is 24.6 Å². The molecular weight excluding hydrogens is 238 g/mol. The molecule has 0 bridgehead atoms. The molecule has 0 amide bonds. The van der Waals surface area contributed by atoms with Crippen molar-refractivity contribution >= 4 is 0 Å². The van der Waals surface area contributed by atoms with Gasteiger partial charge in [-0.1, -0.05) is 6.92 Å². The van der Waals surface area contributed by atoms with Crippen LogP contribution in [0.5, 0.6) is 0 Å². The summed E-state index contributed by atoms with van der Waals surface area (Å²) in [7, 11) is 2.04. The summed E-state index contributed by atoms with van der Waals surface area (Å²) in [6, 6.07) is 2.24. The van der Waals surface area contributed by atoms with E-state index < -0.39 is 0 Å². The molecule has 3 rings (SSSR count). The topological polar surface area (TPSA) is 53.1 Å². The molecule has 2 atom stereocenters. The molecule has 0 aromatic carbocycles. The first-order chi connectivity index (χ1) is 9.18. The van der Waals surface area contributed by atoms with Crippen molar-refractivity contribution in [3.8, 4) is 0 Å². The van der Waals surface area contributed by atoms with Gasteiger partial charge in [0, 0.05) is 31.3 Å². The van der Waals surface area contributed by atoms with Crippen LogP contribution in [0.4, 0.5) is 0 Å². The van der Waals surface area contributed by atoms with E-state index in [0.717, 1.165) is 38.3 Å². The standard InChI is InChI=1S/C15H25N3O/c1-3-12-8-13(18(2)17-12)9-15(10-16)6-7-19-14(15)11-4-5-11/h8,11,14H,3-7,9-10,16H2,1-2H3. The number of nitrogens with zero attached hydrogens (tertiary/aromatic N) is 2. The Morgan fingerprint density at radius 2 is 2.32 bits per heavy atom. The molecule has 2 unspecified atom stereocenters. The molecule has 2 aliphatic rings. The number of hydrogen-bond donors (Lipinski definition) is 1. The highest BCUT2D eigenvalue weighted by atomic mass is 16.5. The third kappa shape index (κ3) is 2.32. The van der Waals surface area contributed by atoms with Gasteiger partial charge in [0.1, 0.15) is 0 Å². The van der Waals surface area contributed by atoms with E-state index in [1.165, 1.54) is 24.2 Å². The monoisotopic (exact) mass is 263 g/mol. The molecule has 1 aromatic heterocycles. The Labute approximate surface area is 115 Å². The zero-order chi connectivity index (χ0) is 13.5. The fourth-order valence-corrected chi connectivity index (χ4v) is 3.49. The van der Waals surface area contributed by atoms with E-state index >= 15 is 0 Å². The van der Waals surface area contributed by atoms with E-state index in [0.29, 0.717) is 6.10 Å². The molecule has 2 heterocycles. The quantitative estimate of drug-likeness (QED) is 0.879. The second-order valence-electron chi connectivity index (χ2n) is 6.23. The summed E-state index contributed by atoms with van der Waals surface area (Å²) < 4.78 is 8.05. The lowest BCUT2D eigenvalue weighted by atomic mass is 9.75. The Kier molecular flexibility index (Phi) is 3.39. The van der Waals surface area contributed by atoms with Crippen molar-refractivity contribution in [2.24, 2.45) is 24.1 Å². The van der Waals surface area contributed by atoms with Gasteiger partial charge in [-0.2, -0.15) is 5.10 Å². The molecule has 1 aliphatic heterocycles. The van der Waals surface area contributed by atoms with Crippen LogP contribution in [0.25, 0.3) is 0 Å². The van der Waals surface area contributed by atoms with E-state index in [1.807, 2.05) is 11.7 Å². The van der Waals surface area contributed by atoms with E-state index in [-0.39, 0.29) is 5.41 Å². The summed E-state index contributed by atoms with van der Waals surface area (Å²) in [6.07, 6.45) is 6.10. The van der Waals surface area contributed by atoms with Crippen LogP contribution in [-0.4, -0.2) is 29.0 Å². The molecule has 0 radical (unpaired) electrons. The summed E-state index contributed by atoms with van der Waals surface area (Å²) in [5.41, 5.74) is 8.77. The van der Waals surface area contributed by atoms with Crippen LogP contribution in [0.2, 0.25) is 0 Å². The summed E-state index contributed by atoms with van der Waals surface area (Å²) in [5.74, 6) is 0.755. The molecule has 4 nitrogen and oxygen atoms in total. The Hall–Kier alpha value is -0.870. The van der Waals surface area contributed by atoms with Crippen molar-refractivity contribution in [3.63, 3.8) is 0 Å². The third-order valence-electron chi connectivity index (χ3n) is 4.88. The van der Waals surface area contributed by atoms with Crippen LogP contribution < -0.4 is 5.73 Å². The maximum absolute atomic E-state index is 6.15. The number of hydrogen-bond acceptors (Lipinski definition) is 3. The van der Waals surface area contributed by atoms with Gasteiger partial charge < -0.3 is 10.5 Å². The SMILES string of the molecule is CCc1cc(CC2(CN)CCOC2C2CC2)n(C)n1. The molecule has 106 valence electrons. The Morgan fingerprint density at radius 3 is 2.89 bits per heavy atom. The van der Waals surface area contributed by atoms with Gasteiger partial charge in [0.2, 0.25) is 0 Å². The zero-order valence-electron chi connectivity index (χ0n) is 12.1. The Bertz CT molecular complexity index is 452. The summed E-state index contributed by atoms with van der Waals surface area (Å²) in [6.45, 7) is 3.74. The van der Waals surface area contributed by atoms with Crippen LogP contribution in [0.15, 0.2) is 6.07 Å². The van der Waals surface area contributed by atoms with Gasteiger partial charge in [-0.25, -0.2) is 0 Å². The molecule has 1 saturated heterocycles. The molecule has 1 aromatic rings. The highest BCUT2D eigenvalue weighted by molar-refractivity contribution is 5.15. The Balaban J connectivity index is 1.83. The van der Waals surface area contributed by atoms with Crippen molar-refractivity contribution in [2.75, 3.05) is 13.2 Å². The first-order valence-electron chi connectivity index (χ1n) is 7.52. The molecule has 4 heteroatoms. The summed E-state index contributed by atoms with van der Waals surface area (Å²) in [5, 5.41) is 4.56. The fraction of sp³-hybridized carbons (Fsp3) is 0.800. The van der Waals surface area contributed by atoms with Crippen LogP contribution in [0.1, 0.15) is 37.6 Å². The minimum atomic E-state index is 0.139. The van der Waals surface area contributed by atoms with Gasteiger partial charge in [-0.3, -0.25) is 4.68 Å². The normalized spacial score (nSPS) is 31.0. The first kappa shape index (κ1) is 13.1. The predicted octanol–water partition coefficient (Wildman–Crippen LogP) is 1.67. The largest absolute Gasteiger partial charge is 0.377 e. The maximum atomic E-state index is 6.15. The molecule has 2 N–H and O–H groups in total. The minimum Gasteiger partial charge on any atom is -0.377 e. The minimum absolute atomic E-state index is 0.139. The van der Waals surface area contributed by atoms with Gasteiger partial charge in [0.25, 0.3) is 0 Å². The lowest BCUT2D eigenvalue weighted by molar-refractivity contribution is 0.0337. The fourth-order valence-electron chi connectivity index (χ4n) is 3.49. The lowest BCUT2D eigenvalue weighted by Crippen LogP contribution is -2.42. The van der Waals surface area contributed by atoms with E-state index in [1.54, 1.807) is 0 Å². The van der Waals surface area contributed by atoms with Gasteiger partial charge in [-0.05, 0) is 44.1 Å². The maximum Gasteiger partial charge on any atom is 0.0676 e. The van der Waals surface area contributed by atoms with Crippen LogP contribution in [0.3, 0.4) is 0 Å². The van der Waals surface area contributed by atoms with E-state index in [2.05, 4.69) is 18.1 Å². The van der Waals surface area contributed by atoms with Crippen LogP contribution in [0, 0.1) is 11.3 Å². The van der Waals surface area contributed by atoms with E-state index in [9.17, 15) is 0 Å². The lowest BCUT2D eigenvalue weighted by Gasteiger charge is -2.33. The van der Waals surface area contributed by atoms with Crippen molar-refractivity contribution in [1.82, 2.24) is 9.78 Å². The number of ether oxygens (including phenoxy) is 1. The summed E-state index contributed by atoms with van der Waals surface area (Å²) >= 11 is 0. The van der Waals surface area contributed by atoms with Crippen molar-refractivity contribution in [3.05, 3.63) is 17.5 Å². The van der Waals surface area contributed by atoms with Gasteiger partial charge >= 0.3 is 0 Å². The first-order valence-corrected chi connectivity index (χ1v) is 7.52. The predicted molar refractivity (Wildman–Crippen MR) is 74.9 cm³/mol.